The van der Waals surface area contributed by atoms with Gasteiger partial charge in [-0.25, -0.2) is 8.51 Å². The highest BCUT2D eigenvalue weighted by Crippen LogP contribution is 2.43. The molecule has 0 aromatic heterocycles. The highest BCUT2D eigenvalue weighted by molar-refractivity contribution is 7.76. The number of ether oxygens (including phenoxy) is 1. The largest absolute Gasteiger partial charge is 0.573 e. The van der Waals surface area contributed by atoms with Crippen LogP contribution in [0.3, 0.4) is 0 Å². The molecule has 0 bridgehead atoms. The van der Waals surface area contributed by atoms with Gasteiger partial charge in [-0.2, -0.15) is 0 Å². The Morgan fingerprint density at radius 3 is 2.16 bits per heavy atom. The smallest absolute Gasteiger partial charge is 0.406 e. The predicted molar refractivity (Wildman–Crippen MR) is 84.1 cm³/mol. The molecular weight excluding hydrogens is 361 g/mol. The van der Waals surface area contributed by atoms with E-state index >= 15 is 0 Å². The van der Waals surface area contributed by atoms with Crippen LogP contribution in [0.15, 0.2) is 24.3 Å². The molecule has 2 aliphatic rings. The van der Waals surface area contributed by atoms with Crippen LogP contribution in [0.1, 0.15) is 19.3 Å². The fraction of sp³-hybridized carbons (Fsp3) is 0.533. The van der Waals surface area contributed by atoms with E-state index in [1.54, 1.807) is 4.90 Å². The molecule has 25 heavy (non-hydrogen) atoms. The van der Waals surface area contributed by atoms with Crippen molar-refractivity contribution in [1.82, 2.24) is 4.31 Å². The van der Waals surface area contributed by atoms with Crippen molar-refractivity contribution < 1.29 is 31.5 Å². The van der Waals surface area contributed by atoms with Gasteiger partial charge in [0.1, 0.15) is 5.75 Å². The maximum atomic E-state index is 12.8. The fourth-order valence-corrected chi connectivity index (χ4v) is 3.92. The van der Waals surface area contributed by atoms with E-state index in [2.05, 4.69) is 4.74 Å². The van der Waals surface area contributed by atoms with E-state index in [1.807, 2.05) is 0 Å². The summed E-state index contributed by atoms with van der Waals surface area (Å²) in [6, 6.07) is 5.21. The van der Waals surface area contributed by atoms with Crippen molar-refractivity contribution in [2.24, 2.45) is 5.41 Å². The van der Waals surface area contributed by atoms with Crippen LogP contribution in [0.2, 0.25) is 0 Å². The first-order valence-corrected chi connectivity index (χ1v) is 8.80. The number of hydrogen-bond donors (Lipinski definition) is 1. The number of amides is 1. The Labute approximate surface area is 145 Å². The first-order chi connectivity index (χ1) is 11.7. The molecule has 3 rings (SSSR count). The summed E-state index contributed by atoms with van der Waals surface area (Å²) in [6.45, 7) is 1.20. The van der Waals surface area contributed by atoms with Crippen LogP contribution in [-0.4, -0.2) is 45.0 Å². The number of benzene rings is 1. The first-order valence-electron chi connectivity index (χ1n) is 7.74. The Morgan fingerprint density at radius 1 is 1.08 bits per heavy atom. The van der Waals surface area contributed by atoms with Gasteiger partial charge in [0.15, 0.2) is 0 Å². The van der Waals surface area contributed by atoms with Crippen molar-refractivity contribution in [3.8, 4) is 5.75 Å². The zero-order valence-corrected chi connectivity index (χ0v) is 14.0. The molecule has 1 amide bonds. The van der Waals surface area contributed by atoms with E-state index in [-0.39, 0.29) is 11.7 Å². The third-order valence-corrected chi connectivity index (χ3v) is 5.60. The van der Waals surface area contributed by atoms with Crippen molar-refractivity contribution in [3.05, 3.63) is 24.3 Å². The number of rotatable bonds is 3. The molecule has 0 aliphatic carbocycles. The van der Waals surface area contributed by atoms with Crippen LogP contribution in [0.5, 0.6) is 5.75 Å². The quantitative estimate of drug-likeness (QED) is 0.821. The van der Waals surface area contributed by atoms with Gasteiger partial charge in [-0.1, -0.05) is 0 Å². The average Bonchev–Trinajstić information content (AvgIpc) is 2.84. The lowest BCUT2D eigenvalue weighted by atomic mass is 9.77. The molecule has 10 heteroatoms. The summed E-state index contributed by atoms with van der Waals surface area (Å²) in [5.74, 6) is -0.420. The van der Waals surface area contributed by atoms with Gasteiger partial charge in [0.2, 0.25) is 17.2 Å². The lowest BCUT2D eigenvalue weighted by molar-refractivity contribution is -0.274. The van der Waals surface area contributed by atoms with Gasteiger partial charge in [-0.3, -0.25) is 9.35 Å². The third kappa shape index (κ3) is 3.80. The van der Waals surface area contributed by atoms with Gasteiger partial charge in [0.25, 0.3) is 0 Å². The highest BCUT2D eigenvalue weighted by atomic mass is 32.2. The summed E-state index contributed by atoms with van der Waals surface area (Å²) in [5.41, 5.74) is -0.0404. The number of halogens is 3. The Bertz CT molecular complexity index is 672. The summed E-state index contributed by atoms with van der Waals surface area (Å²) in [5, 5.41) is 0. The second-order valence-electron chi connectivity index (χ2n) is 6.19. The zero-order valence-electron chi connectivity index (χ0n) is 13.2. The van der Waals surface area contributed by atoms with Crippen LogP contribution in [0, 0.1) is 5.41 Å². The minimum atomic E-state index is -4.75. The number of carbonyl (C=O) groups excluding carboxylic acids is 1. The molecule has 0 radical (unpaired) electrons. The monoisotopic (exact) mass is 378 g/mol. The van der Waals surface area contributed by atoms with Gasteiger partial charge in [-0.15, -0.1) is 13.2 Å². The molecule has 1 atom stereocenters. The first kappa shape index (κ1) is 18.2. The Kier molecular flexibility index (Phi) is 4.78. The van der Waals surface area contributed by atoms with E-state index in [4.69, 9.17) is 4.55 Å². The minimum absolute atomic E-state index is 0.0830. The van der Waals surface area contributed by atoms with Crippen molar-refractivity contribution in [3.63, 3.8) is 0 Å². The van der Waals surface area contributed by atoms with Gasteiger partial charge < -0.3 is 9.64 Å². The number of carbonyl (C=O) groups is 1. The lowest BCUT2D eigenvalue weighted by Gasteiger charge is -2.35. The predicted octanol–water partition coefficient (Wildman–Crippen LogP) is 2.54. The SMILES string of the molecule is O=C1N(c2ccc(OC(F)(F)F)cc2)CCC12CCN(S(=O)O)CC2. The Balaban J connectivity index is 1.69. The summed E-state index contributed by atoms with van der Waals surface area (Å²) in [4.78, 5) is 14.4. The normalized spacial score (nSPS) is 22.4. The summed E-state index contributed by atoms with van der Waals surface area (Å²) < 4.78 is 62.1. The Hall–Kier alpha value is -1.65. The summed E-state index contributed by atoms with van der Waals surface area (Å²) in [6.07, 6.45) is -3.15. The number of piperidine rings is 1. The van der Waals surface area contributed by atoms with E-state index in [0.717, 1.165) is 0 Å². The molecule has 1 unspecified atom stereocenters. The topological polar surface area (TPSA) is 70.1 Å². The van der Waals surface area contributed by atoms with Gasteiger partial charge in [0.05, 0.1) is 5.41 Å². The van der Waals surface area contributed by atoms with Gasteiger partial charge >= 0.3 is 6.36 Å². The molecular formula is C15H17F3N2O4S. The molecule has 2 saturated heterocycles. The minimum Gasteiger partial charge on any atom is -0.406 e. The molecule has 6 nitrogen and oxygen atoms in total. The summed E-state index contributed by atoms with van der Waals surface area (Å²) >= 11 is -2.03. The molecule has 1 spiro atoms. The van der Waals surface area contributed by atoms with Gasteiger partial charge in [0, 0.05) is 25.3 Å². The average molecular weight is 378 g/mol. The van der Waals surface area contributed by atoms with Crippen LogP contribution in [0.4, 0.5) is 18.9 Å². The maximum Gasteiger partial charge on any atom is 0.573 e. The van der Waals surface area contributed by atoms with Crippen LogP contribution in [-0.2, 0) is 16.1 Å². The lowest BCUT2D eigenvalue weighted by Crippen LogP contribution is -2.45. The van der Waals surface area contributed by atoms with E-state index in [9.17, 15) is 22.2 Å². The number of hydrogen-bond acceptors (Lipinski definition) is 3. The molecule has 2 heterocycles. The van der Waals surface area contributed by atoms with Crippen LogP contribution >= 0.6 is 0 Å². The summed E-state index contributed by atoms with van der Waals surface area (Å²) in [7, 11) is 0. The fourth-order valence-electron chi connectivity index (χ4n) is 3.43. The molecule has 2 aliphatic heterocycles. The van der Waals surface area contributed by atoms with Crippen molar-refractivity contribution >= 4 is 22.9 Å². The standard InChI is InChI=1S/C15H17F3N2O4S/c16-15(17,18)24-12-3-1-11(2-4-12)20-10-7-14(13(20)21)5-8-19(9-6-14)25(22)23/h1-4H,5-10H2,(H,22,23). The second kappa shape index (κ2) is 6.58. The maximum absolute atomic E-state index is 12.8. The molecule has 1 aromatic carbocycles. The van der Waals surface area contributed by atoms with E-state index < -0.39 is 23.0 Å². The second-order valence-corrected chi connectivity index (χ2v) is 7.17. The molecule has 138 valence electrons. The van der Waals surface area contributed by atoms with Crippen molar-refractivity contribution in [2.45, 2.75) is 25.6 Å². The van der Waals surface area contributed by atoms with Crippen LogP contribution < -0.4 is 9.64 Å². The molecule has 2 fully saturated rings. The van der Waals surface area contributed by atoms with E-state index in [1.165, 1.54) is 28.6 Å². The van der Waals surface area contributed by atoms with Gasteiger partial charge in [-0.05, 0) is 43.5 Å². The molecule has 1 N–H and O–H groups in total. The molecule has 0 saturated carbocycles. The van der Waals surface area contributed by atoms with Crippen LogP contribution in [0.25, 0.3) is 0 Å². The third-order valence-electron chi connectivity index (χ3n) is 4.80. The number of anilines is 1. The molecule has 1 aromatic rings. The van der Waals surface area contributed by atoms with E-state index in [0.29, 0.717) is 44.6 Å². The zero-order chi connectivity index (χ0) is 18.2. The number of alkyl halides is 3. The Morgan fingerprint density at radius 2 is 1.64 bits per heavy atom. The highest BCUT2D eigenvalue weighted by Gasteiger charge is 2.49. The number of nitrogens with zero attached hydrogens (tertiary/aromatic N) is 2. The van der Waals surface area contributed by atoms with Crippen molar-refractivity contribution in [2.75, 3.05) is 24.5 Å². The van der Waals surface area contributed by atoms with Crippen molar-refractivity contribution in [1.29, 1.82) is 0 Å².